The summed E-state index contributed by atoms with van der Waals surface area (Å²) in [6.45, 7) is 6.74. The summed E-state index contributed by atoms with van der Waals surface area (Å²) >= 11 is 0. The Morgan fingerprint density at radius 2 is 1.65 bits per heavy atom. The van der Waals surface area contributed by atoms with Crippen molar-refractivity contribution < 1.29 is 4.79 Å². The molecule has 0 heterocycles. The highest BCUT2D eigenvalue weighted by Crippen LogP contribution is 2.21. The molecular weight excluding hydrogens is 210 g/mol. The molecule has 17 heavy (non-hydrogen) atoms. The maximum absolute atomic E-state index is 11.7. The second kappa shape index (κ2) is 5.35. The van der Waals surface area contributed by atoms with E-state index in [1.54, 1.807) is 19.0 Å². The summed E-state index contributed by atoms with van der Waals surface area (Å²) in [6, 6.07) is 7.95. The molecule has 0 saturated carbocycles. The van der Waals surface area contributed by atoms with Gasteiger partial charge in [0.05, 0.1) is 0 Å². The zero-order chi connectivity index (χ0) is 13.1. The molecule has 0 atom stereocenters. The summed E-state index contributed by atoms with van der Waals surface area (Å²) in [4.78, 5) is 13.3. The zero-order valence-corrected chi connectivity index (χ0v) is 11.6. The van der Waals surface area contributed by atoms with Crippen LogP contribution in [0.15, 0.2) is 24.3 Å². The number of aryl methyl sites for hydroxylation is 1. The first kappa shape index (κ1) is 13.8. The van der Waals surface area contributed by atoms with Crippen molar-refractivity contribution in [1.29, 1.82) is 0 Å². The summed E-state index contributed by atoms with van der Waals surface area (Å²) in [7, 11) is 3.55. The second-order valence-electron chi connectivity index (χ2n) is 5.96. The first-order valence-corrected chi connectivity index (χ1v) is 6.10. The lowest BCUT2D eigenvalue weighted by atomic mass is 9.88. The first-order valence-electron chi connectivity index (χ1n) is 6.10. The predicted molar refractivity (Wildman–Crippen MR) is 72.2 cm³/mol. The number of carbonyl (C=O) groups excluding carboxylic acids is 1. The van der Waals surface area contributed by atoms with E-state index in [1.165, 1.54) is 5.56 Å². The van der Waals surface area contributed by atoms with Gasteiger partial charge in [-0.25, -0.2) is 0 Å². The van der Waals surface area contributed by atoms with Crippen LogP contribution in [-0.4, -0.2) is 24.9 Å². The molecule has 0 radical (unpaired) electrons. The van der Waals surface area contributed by atoms with Crippen molar-refractivity contribution in [3.8, 4) is 0 Å². The van der Waals surface area contributed by atoms with Gasteiger partial charge in [0.25, 0.3) is 5.91 Å². The molecular formula is C15H23NO. The Morgan fingerprint density at radius 1 is 1.12 bits per heavy atom. The highest BCUT2D eigenvalue weighted by molar-refractivity contribution is 5.93. The van der Waals surface area contributed by atoms with Gasteiger partial charge in [-0.3, -0.25) is 4.79 Å². The van der Waals surface area contributed by atoms with Gasteiger partial charge in [-0.2, -0.15) is 0 Å². The molecule has 0 N–H and O–H groups in total. The van der Waals surface area contributed by atoms with Crippen molar-refractivity contribution in [3.63, 3.8) is 0 Å². The Hall–Kier alpha value is -1.31. The van der Waals surface area contributed by atoms with Crippen molar-refractivity contribution in [2.45, 2.75) is 33.6 Å². The smallest absolute Gasteiger partial charge is 0.253 e. The quantitative estimate of drug-likeness (QED) is 0.784. The van der Waals surface area contributed by atoms with Crippen LogP contribution in [0.4, 0.5) is 0 Å². The van der Waals surface area contributed by atoms with Gasteiger partial charge >= 0.3 is 0 Å². The van der Waals surface area contributed by atoms with Crippen LogP contribution < -0.4 is 0 Å². The summed E-state index contributed by atoms with van der Waals surface area (Å²) in [5.41, 5.74) is 2.42. The summed E-state index contributed by atoms with van der Waals surface area (Å²) in [5, 5.41) is 0. The predicted octanol–water partition coefficient (Wildman–Crippen LogP) is 3.37. The van der Waals surface area contributed by atoms with E-state index < -0.39 is 0 Å². The molecule has 1 rings (SSSR count). The fraction of sp³-hybridized carbons (Fsp3) is 0.533. The van der Waals surface area contributed by atoms with Gasteiger partial charge in [0.15, 0.2) is 0 Å². The fourth-order valence-corrected chi connectivity index (χ4v) is 1.59. The van der Waals surface area contributed by atoms with Gasteiger partial charge in [0.1, 0.15) is 0 Å². The zero-order valence-electron chi connectivity index (χ0n) is 11.6. The van der Waals surface area contributed by atoms with E-state index in [0.717, 1.165) is 18.4 Å². The van der Waals surface area contributed by atoms with E-state index in [9.17, 15) is 4.79 Å². The number of hydrogen-bond acceptors (Lipinski definition) is 1. The molecule has 1 aromatic carbocycles. The number of rotatable bonds is 3. The Bertz CT molecular complexity index is 371. The van der Waals surface area contributed by atoms with Crippen LogP contribution in [0.5, 0.6) is 0 Å². The van der Waals surface area contributed by atoms with E-state index in [4.69, 9.17) is 0 Å². The molecule has 1 amide bonds. The van der Waals surface area contributed by atoms with Gasteiger partial charge in [-0.05, 0) is 36.0 Å². The minimum absolute atomic E-state index is 0.0624. The van der Waals surface area contributed by atoms with E-state index in [0.29, 0.717) is 5.41 Å². The first-order chi connectivity index (χ1) is 7.79. The molecule has 2 heteroatoms. The molecule has 0 aliphatic heterocycles. The van der Waals surface area contributed by atoms with E-state index in [-0.39, 0.29) is 5.91 Å². The molecule has 0 bridgehead atoms. The van der Waals surface area contributed by atoms with Crippen LogP contribution in [-0.2, 0) is 6.42 Å². The molecule has 0 saturated heterocycles. The van der Waals surface area contributed by atoms with E-state index >= 15 is 0 Å². The van der Waals surface area contributed by atoms with Crippen LogP contribution in [0.25, 0.3) is 0 Å². The number of benzene rings is 1. The lowest BCUT2D eigenvalue weighted by Gasteiger charge is -2.17. The van der Waals surface area contributed by atoms with E-state index in [2.05, 4.69) is 32.9 Å². The average Bonchev–Trinajstić information content (AvgIpc) is 2.25. The lowest BCUT2D eigenvalue weighted by molar-refractivity contribution is 0.0827. The highest BCUT2D eigenvalue weighted by Gasteiger charge is 2.11. The maximum Gasteiger partial charge on any atom is 0.253 e. The third-order valence-corrected chi connectivity index (χ3v) is 2.77. The Balaban J connectivity index is 2.66. The summed E-state index contributed by atoms with van der Waals surface area (Å²) < 4.78 is 0. The Labute approximate surface area is 105 Å². The van der Waals surface area contributed by atoms with Crippen molar-refractivity contribution in [2.75, 3.05) is 14.1 Å². The largest absolute Gasteiger partial charge is 0.345 e. The van der Waals surface area contributed by atoms with Crippen LogP contribution in [0.1, 0.15) is 43.1 Å². The van der Waals surface area contributed by atoms with E-state index in [1.807, 2.05) is 12.1 Å². The summed E-state index contributed by atoms with van der Waals surface area (Å²) in [6.07, 6.45) is 2.23. The van der Waals surface area contributed by atoms with Crippen LogP contribution in [0.3, 0.4) is 0 Å². The third-order valence-electron chi connectivity index (χ3n) is 2.77. The van der Waals surface area contributed by atoms with Gasteiger partial charge in [-0.1, -0.05) is 32.9 Å². The maximum atomic E-state index is 11.7. The Morgan fingerprint density at radius 3 is 2.06 bits per heavy atom. The number of carbonyl (C=O) groups is 1. The topological polar surface area (TPSA) is 20.3 Å². The van der Waals surface area contributed by atoms with Crippen molar-refractivity contribution in [3.05, 3.63) is 35.4 Å². The monoisotopic (exact) mass is 233 g/mol. The SMILES string of the molecule is CN(C)C(=O)c1ccc(CCC(C)(C)C)cc1. The van der Waals surface area contributed by atoms with Crippen molar-refractivity contribution in [1.82, 2.24) is 4.90 Å². The Kier molecular flexibility index (Phi) is 4.33. The van der Waals surface area contributed by atoms with Gasteiger partial charge < -0.3 is 4.90 Å². The minimum Gasteiger partial charge on any atom is -0.345 e. The molecule has 0 fully saturated rings. The number of nitrogens with zero attached hydrogens (tertiary/aromatic N) is 1. The van der Waals surface area contributed by atoms with Gasteiger partial charge in [-0.15, -0.1) is 0 Å². The molecule has 1 aromatic rings. The van der Waals surface area contributed by atoms with Crippen molar-refractivity contribution in [2.24, 2.45) is 5.41 Å². The van der Waals surface area contributed by atoms with Gasteiger partial charge in [0.2, 0.25) is 0 Å². The molecule has 94 valence electrons. The highest BCUT2D eigenvalue weighted by atomic mass is 16.2. The fourth-order valence-electron chi connectivity index (χ4n) is 1.59. The summed E-state index contributed by atoms with van der Waals surface area (Å²) in [5.74, 6) is 0.0624. The molecule has 2 nitrogen and oxygen atoms in total. The molecule has 0 aromatic heterocycles. The average molecular weight is 233 g/mol. The van der Waals surface area contributed by atoms with Gasteiger partial charge in [0, 0.05) is 19.7 Å². The van der Waals surface area contributed by atoms with Crippen LogP contribution >= 0.6 is 0 Å². The van der Waals surface area contributed by atoms with Crippen LogP contribution in [0, 0.1) is 5.41 Å². The number of amides is 1. The van der Waals surface area contributed by atoms with Crippen molar-refractivity contribution >= 4 is 5.91 Å². The van der Waals surface area contributed by atoms with Crippen LogP contribution in [0.2, 0.25) is 0 Å². The molecule has 0 aliphatic rings. The molecule has 0 spiro atoms. The minimum atomic E-state index is 0.0624. The normalized spacial score (nSPS) is 11.4. The third kappa shape index (κ3) is 4.59. The lowest BCUT2D eigenvalue weighted by Crippen LogP contribution is -2.21. The standard InChI is InChI=1S/C15H23NO/c1-15(2,3)11-10-12-6-8-13(9-7-12)14(17)16(4)5/h6-9H,10-11H2,1-5H3. The molecule has 0 aliphatic carbocycles. The second-order valence-corrected chi connectivity index (χ2v) is 5.96. The number of hydrogen-bond donors (Lipinski definition) is 0. The molecule has 0 unspecified atom stereocenters.